The fourth-order valence-electron chi connectivity index (χ4n) is 3.70. The van der Waals surface area contributed by atoms with Gasteiger partial charge >= 0.3 is 0 Å². The van der Waals surface area contributed by atoms with Crippen molar-refractivity contribution in [3.63, 3.8) is 0 Å². The number of nitrogens with zero attached hydrogens (tertiary/aromatic N) is 3. The maximum Gasteiger partial charge on any atom is 0.254 e. The molecule has 2 heterocycles. The number of likely N-dealkylation sites (tertiary alicyclic amines) is 1. The summed E-state index contributed by atoms with van der Waals surface area (Å²) in [5.41, 5.74) is 2.11. The van der Waals surface area contributed by atoms with Crippen molar-refractivity contribution >= 4 is 17.2 Å². The third-order valence-corrected chi connectivity index (χ3v) is 6.11. The second kappa shape index (κ2) is 8.31. The first-order chi connectivity index (χ1) is 12.8. The molecule has 1 aliphatic carbocycles. The molecule has 1 aromatic carbocycles. The minimum absolute atomic E-state index is 0.143. The summed E-state index contributed by atoms with van der Waals surface area (Å²) in [7, 11) is 0. The van der Waals surface area contributed by atoms with Crippen LogP contribution in [0.4, 0.5) is 0 Å². The molecule has 1 amide bonds. The topological polar surface area (TPSA) is 36.4 Å². The predicted octanol–water partition coefficient (Wildman–Crippen LogP) is 4.32. The maximum atomic E-state index is 13.0. The van der Waals surface area contributed by atoms with Crippen LogP contribution in [0, 0.1) is 0 Å². The Morgan fingerprint density at radius 3 is 2.46 bits per heavy atom. The Hall–Kier alpha value is -1.72. The summed E-state index contributed by atoms with van der Waals surface area (Å²) >= 11 is 1.62. The molecule has 0 radical (unpaired) electrons. The zero-order valence-corrected chi connectivity index (χ0v) is 16.1. The van der Waals surface area contributed by atoms with Gasteiger partial charge in [0.05, 0.1) is 6.54 Å². The van der Waals surface area contributed by atoms with Crippen molar-refractivity contribution in [3.8, 4) is 0 Å². The van der Waals surface area contributed by atoms with Gasteiger partial charge in [-0.1, -0.05) is 25.0 Å². The van der Waals surface area contributed by atoms with Gasteiger partial charge in [0.2, 0.25) is 0 Å². The molecule has 5 heteroatoms. The second-order valence-corrected chi connectivity index (χ2v) is 8.46. The molecule has 1 saturated carbocycles. The Morgan fingerprint density at radius 1 is 1.12 bits per heavy atom. The quantitative estimate of drug-likeness (QED) is 0.761. The monoisotopic (exact) mass is 369 g/mol. The van der Waals surface area contributed by atoms with Crippen molar-refractivity contribution in [1.82, 2.24) is 14.8 Å². The molecule has 138 valence electrons. The summed E-state index contributed by atoms with van der Waals surface area (Å²) in [5.74, 6) is 0.143. The number of amides is 1. The lowest BCUT2D eigenvalue weighted by molar-refractivity contribution is 0.0729. The van der Waals surface area contributed by atoms with Gasteiger partial charge in [-0.15, -0.1) is 11.3 Å². The highest BCUT2D eigenvalue weighted by molar-refractivity contribution is 7.09. The number of thiazole rings is 1. The molecule has 0 spiro atoms. The Morgan fingerprint density at radius 2 is 1.85 bits per heavy atom. The van der Waals surface area contributed by atoms with Crippen molar-refractivity contribution in [2.75, 3.05) is 13.1 Å². The van der Waals surface area contributed by atoms with Gasteiger partial charge in [0.1, 0.15) is 5.01 Å². The van der Waals surface area contributed by atoms with Gasteiger partial charge in [0.25, 0.3) is 5.91 Å². The van der Waals surface area contributed by atoms with E-state index in [0.29, 0.717) is 12.6 Å². The van der Waals surface area contributed by atoms with Crippen LogP contribution in [0.15, 0.2) is 35.8 Å². The first-order valence-corrected chi connectivity index (χ1v) is 10.7. The van der Waals surface area contributed by atoms with Crippen molar-refractivity contribution in [2.24, 2.45) is 0 Å². The molecule has 0 atom stereocenters. The summed E-state index contributed by atoms with van der Waals surface area (Å²) in [4.78, 5) is 21.9. The molecule has 2 aliphatic rings. The van der Waals surface area contributed by atoms with Crippen LogP contribution >= 0.6 is 11.3 Å². The van der Waals surface area contributed by atoms with Crippen molar-refractivity contribution in [2.45, 2.75) is 57.7 Å². The number of hydrogen-bond donors (Lipinski definition) is 0. The number of hydrogen-bond acceptors (Lipinski definition) is 4. The van der Waals surface area contributed by atoms with Crippen molar-refractivity contribution in [1.29, 1.82) is 0 Å². The Bertz CT molecular complexity index is 701. The highest BCUT2D eigenvalue weighted by Gasteiger charge is 2.33. The molecular formula is C21H27N3OS. The Kier molecular flexibility index (Phi) is 5.65. The molecule has 1 aliphatic heterocycles. The van der Waals surface area contributed by atoms with Crippen LogP contribution in [-0.2, 0) is 13.1 Å². The first-order valence-electron chi connectivity index (χ1n) is 9.80. The van der Waals surface area contributed by atoms with E-state index in [0.717, 1.165) is 30.0 Å². The average molecular weight is 370 g/mol. The summed E-state index contributed by atoms with van der Waals surface area (Å²) in [6.07, 6.45) is 9.38. The summed E-state index contributed by atoms with van der Waals surface area (Å²) in [6.45, 7) is 4.03. The molecule has 2 fully saturated rings. The standard InChI is InChI=1S/C21H27N3OS/c25-21(24(19-9-10-19)16-20-22-11-14-26-20)18-7-5-17(6-8-18)15-23-12-3-1-2-4-13-23/h5-8,11,14,19H,1-4,9-10,12-13,15-16H2. The normalized spacial score (nSPS) is 18.5. The molecule has 0 N–H and O–H groups in total. The second-order valence-electron chi connectivity index (χ2n) is 7.48. The lowest BCUT2D eigenvalue weighted by Crippen LogP contribution is -2.32. The average Bonchev–Trinajstić information content (AvgIpc) is 3.43. The van der Waals surface area contributed by atoms with E-state index in [4.69, 9.17) is 0 Å². The van der Waals surface area contributed by atoms with Crippen molar-refractivity contribution < 1.29 is 4.79 Å². The molecule has 26 heavy (non-hydrogen) atoms. The number of benzene rings is 1. The first kappa shape index (κ1) is 17.7. The molecule has 0 bridgehead atoms. The van der Waals surface area contributed by atoms with E-state index >= 15 is 0 Å². The van der Waals surface area contributed by atoms with Crippen LogP contribution in [0.5, 0.6) is 0 Å². The lowest BCUT2D eigenvalue weighted by atomic mass is 10.1. The molecule has 1 saturated heterocycles. The van der Waals surface area contributed by atoms with E-state index in [-0.39, 0.29) is 5.91 Å². The van der Waals surface area contributed by atoms with Crippen LogP contribution in [0.25, 0.3) is 0 Å². The van der Waals surface area contributed by atoms with E-state index < -0.39 is 0 Å². The SMILES string of the molecule is O=C(c1ccc(CN2CCCCCC2)cc1)N(Cc1nccs1)C1CC1. The molecule has 4 rings (SSSR count). The highest BCUT2D eigenvalue weighted by Crippen LogP contribution is 2.30. The van der Waals surface area contributed by atoms with E-state index in [2.05, 4.69) is 22.0 Å². The fourth-order valence-corrected chi connectivity index (χ4v) is 4.31. The lowest BCUT2D eigenvalue weighted by Gasteiger charge is -2.22. The smallest absolute Gasteiger partial charge is 0.254 e. The van der Waals surface area contributed by atoms with Gasteiger partial charge in [0.15, 0.2) is 0 Å². The Balaban J connectivity index is 1.40. The largest absolute Gasteiger partial charge is 0.329 e. The fraction of sp³-hybridized carbons (Fsp3) is 0.524. The van der Waals surface area contributed by atoms with Crippen LogP contribution < -0.4 is 0 Å². The van der Waals surface area contributed by atoms with E-state index in [1.165, 1.54) is 44.3 Å². The van der Waals surface area contributed by atoms with Gasteiger partial charge in [0, 0.05) is 29.7 Å². The van der Waals surface area contributed by atoms with E-state index in [1.54, 1.807) is 11.3 Å². The maximum absolute atomic E-state index is 13.0. The van der Waals surface area contributed by atoms with Gasteiger partial charge in [-0.2, -0.15) is 0 Å². The summed E-state index contributed by atoms with van der Waals surface area (Å²) < 4.78 is 0. The van der Waals surface area contributed by atoms with E-state index in [1.807, 2.05) is 28.6 Å². The van der Waals surface area contributed by atoms with Crippen LogP contribution in [0.3, 0.4) is 0 Å². The predicted molar refractivity (Wildman–Crippen MR) is 105 cm³/mol. The van der Waals surface area contributed by atoms with Gasteiger partial charge < -0.3 is 4.90 Å². The molecule has 4 nitrogen and oxygen atoms in total. The molecule has 1 aromatic heterocycles. The van der Waals surface area contributed by atoms with Crippen LogP contribution in [-0.4, -0.2) is 39.8 Å². The minimum Gasteiger partial charge on any atom is -0.329 e. The number of rotatable bonds is 6. The number of carbonyl (C=O) groups excluding carboxylic acids is 1. The number of aromatic nitrogens is 1. The van der Waals surface area contributed by atoms with Gasteiger partial charge in [-0.25, -0.2) is 4.98 Å². The van der Waals surface area contributed by atoms with Crippen molar-refractivity contribution in [3.05, 3.63) is 52.0 Å². The third kappa shape index (κ3) is 4.51. The molecule has 0 unspecified atom stereocenters. The minimum atomic E-state index is 0.143. The van der Waals surface area contributed by atoms with E-state index in [9.17, 15) is 4.79 Å². The Labute approximate surface area is 159 Å². The van der Waals surface area contributed by atoms with Gasteiger partial charge in [-0.05, 0) is 56.5 Å². The summed E-state index contributed by atoms with van der Waals surface area (Å²) in [5, 5.41) is 2.99. The van der Waals surface area contributed by atoms with Crippen LogP contribution in [0.1, 0.15) is 59.5 Å². The van der Waals surface area contributed by atoms with Gasteiger partial charge in [-0.3, -0.25) is 9.69 Å². The zero-order chi connectivity index (χ0) is 17.8. The molecular weight excluding hydrogens is 342 g/mol. The number of carbonyl (C=O) groups is 1. The molecule has 2 aromatic rings. The third-order valence-electron chi connectivity index (χ3n) is 5.34. The highest BCUT2D eigenvalue weighted by atomic mass is 32.1. The van der Waals surface area contributed by atoms with Crippen LogP contribution in [0.2, 0.25) is 0 Å². The zero-order valence-electron chi connectivity index (χ0n) is 15.3. The summed E-state index contributed by atoms with van der Waals surface area (Å²) in [6, 6.07) is 8.67.